The molecule has 0 unspecified atom stereocenters. The molecule has 2 rings (SSSR count). The maximum atomic E-state index is 13.5. The van der Waals surface area contributed by atoms with Crippen molar-refractivity contribution in [3.05, 3.63) is 5.01 Å². The molecule has 0 aromatic carbocycles. The van der Waals surface area contributed by atoms with Crippen molar-refractivity contribution in [1.82, 2.24) is 10.2 Å². The molecule has 4 nitrogen and oxygen atoms in total. The molecule has 1 amide bonds. The molecule has 0 bridgehead atoms. The lowest BCUT2D eigenvalue weighted by atomic mass is 10.0. The molecule has 136 valence electrons. The number of hydrogen-bond acceptors (Lipinski definition) is 4. The molecule has 0 atom stereocenters. The van der Waals surface area contributed by atoms with E-state index >= 15 is 0 Å². The first-order valence-corrected chi connectivity index (χ1v) is 6.88. The Morgan fingerprint density at radius 2 is 1.50 bits per heavy atom. The van der Waals surface area contributed by atoms with E-state index in [9.17, 15) is 44.3 Å². The van der Waals surface area contributed by atoms with Gasteiger partial charge in [0.2, 0.25) is 11.0 Å². The molecule has 1 fully saturated rings. The number of carbonyl (C=O) groups is 1. The van der Waals surface area contributed by atoms with Crippen molar-refractivity contribution in [3.8, 4) is 0 Å². The molecule has 0 saturated heterocycles. The summed E-state index contributed by atoms with van der Waals surface area (Å²) in [6.45, 7) is 0. The molecule has 1 saturated carbocycles. The van der Waals surface area contributed by atoms with Crippen molar-refractivity contribution >= 4 is 22.4 Å². The van der Waals surface area contributed by atoms with Crippen LogP contribution in [0.5, 0.6) is 0 Å². The summed E-state index contributed by atoms with van der Waals surface area (Å²) >= 11 is -0.418. The first kappa shape index (κ1) is 18.7. The van der Waals surface area contributed by atoms with Crippen LogP contribution in [0.4, 0.5) is 44.6 Å². The lowest BCUT2D eigenvalue weighted by Gasteiger charge is -2.32. The summed E-state index contributed by atoms with van der Waals surface area (Å²) in [6.07, 6.45) is -5.90. The Morgan fingerprint density at radius 3 is 1.96 bits per heavy atom. The first-order chi connectivity index (χ1) is 10.7. The van der Waals surface area contributed by atoms with Gasteiger partial charge < -0.3 is 5.32 Å². The second-order valence-electron chi connectivity index (χ2n) is 4.90. The summed E-state index contributed by atoms with van der Waals surface area (Å²) < 4.78 is 115. The van der Waals surface area contributed by atoms with Gasteiger partial charge in [-0.2, -0.15) is 39.5 Å². The Labute approximate surface area is 131 Å². The molecule has 1 aromatic rings. The number of amides is 1. The van der Waals surface area contributed by atoms with Gasteiger partial charge in [-0.05, 0) is 12.8 Å². The molecule has 0 aliphatic heterocycles. The number of nitrogens with one attached hydrogen (secondary N) is 1. The summed E-state index contributed by atoms with van der Waals surface area (Å²) in [5, 5.41) is 4.53. The minimum Gasteiger partial charge on any atom is -0.300 e. The number of alkyl halides is 9. The van der Waals surface area contributed by atoms with Gasteiger partial charge in [-0.15, -0.1) is 10.2 Å². The van der Waals surface area contributed by atoms with Crippen LogP contribution in [0.15, 0.2) is 0 Å². The maximum Gasteiger partial charge on any atom is 0.460 e. The number of nitrogens with zero attached hydrogens (tertiary/aromatic N) is 2. The van der Waals surface area contributed by atoms with Crippen LogP contribution in [0.25, 0.3) is 0 Å². The van der Waals surface area contributed by atoms with Crippen LogP contribution in [0, 0.1) is 5.92 Å². The van der Waals surface area contributed by atoms with Crippen molar-refractivity contribution in [2.75, 3.05) is 5.32 Å². The third kappa shape index (κ3) is 2.91. The lowest BCUT2D eigenvalue weighted by Crippen LogP contribution is -2.59. The van der Waals surface area contributed by atoms with Crippen LogP contribution in [-0.2, 0) is 10.7 Å². The SMILES string of the molecule is O=C(Nc1nnc(C(F)(F)C(F)(F)C(F)(F)C(F)(F)F)s1)C1CC1. The molecule has 1 aromatic heterocycles. The van der Waals surface area contributed by atoms with Crippen molar-refractivity contribution < 1.29 is 44.3 Å². The average Bonchev–Trinajstić information content (AvgIpc) is 3.17. The summed E-state index contributed by atoms with van der Waals surface area (Å²) in [5.41, 5.74) is 0. The number of rotatable bonds is 5. The number of aromatic nitrogens is 2. The highest BCUT2D eigenvalue weighted by atomic mass is 32.1. The summed E-state index contributed by atoms with van der Waals surface area (Å²) in [4.78, 5) is 11.3. The Hall–Kier alpha value is -1.60. The average molecular weight is 387 g/mol. The zero-order valence-corrected chi connectivity index (χ0v) is 11.9. The van der Waals surface area contributed by atoms with E-state index in [-0.39, 0.29) is 0 Å². The maximum absolute atomic E-state index is 13.5. The van der Waals surface area contributed by atoms with Crippen molar-refractivity contribution in [3.63, 3.8) is 0 Å². The predicted octanol–water partition coefficient (Wildman–Crippen LogP) is 3.81. The topological polar surface area (TPSA) is 54.9 Å². The van der Waals surface area contributed by atoms with Gasteiger partial charge in [0.1, 0.15) is 0 Å². The Bertz CT molecular complexity index is 638. The van der Waals surface area contributed by atoms with Crippen LogP contribution in [0.1, 0.15) is 17.8 Å². The zero-order chi connectivity index (χ0) is 18.6. The second kappa shape index (κ2) is 5.46. The Balaban J connectivity index is 2.28. The van der Waals surface area contributed by atoms with Gasteiger partial charge in [0.15, 0.2) is 5.01 Å². The van der Waals surface area contributed by atoms with Crippen LogP contribution in [0.3, 0.4) is 0 Å². The molecular formula is C10H6F9N3OS. The highest BCUT2D eigenvalue weighted by molar-refractivity contribution is 7.15. The number of halogens is 9. The molecule has 0 radical (unpaired) electrons. The fourth-order valence-corrected chi connectivity index (χ4v) is 2.22. The third-order valence-electron chi connectivity index (χ3n) is 3.02. The lowest BCUT2D eigenvalue weighted by molar-refractivity contribution is -0.399. The van der Waals surface area contributed by atoms with Gasteiger partial charge in [0.05, 0.1) is 0 Å². The molecule has 24 heavy (non-hydrogen) atoms. The van der Waals surface area contributed by atoms with Crippen molar-refractivity contribution in [2.24, 2.45) is 5.92 Å². The number of hydrogen-bond donors (Lipinski definition) is 1. The number of carbonyl (C=O) groups excluding carboxylic acids is 1. The Kier molecular flexibility index (Phi) is 4.26. The van der Waals surface area contributed by atoms with E-state index in [1.165, 1.54) is 0 Å². The predicted molar refractivity (Wildman–Crippen MR) is 61.1 cm³/mol. The van der Waals surface area contributed by atoms with Gasteiger partial charge in [-0.3, -0.25) is 4.79 Å². The minimum atomic E-state index is -7.01. The standard InChI is InChI=1S/C10H6F9N3OS/c11-7(12,8(13,14)9(15,16)10(17,18)19)5-21-22-6(24-5)20-4(23)3-1-2-3/h3H,1-2H2,(H,20,22,23). The summed E-state index contributed by atoms with van der Waals surface area (Å²) in [5.74, 6) is -20.9. The number of anilines is 1. The molecule has 0 spiro atoms. The van der Waals surface area contributed by atoms with Gasteiger partial charge in [0, 0.05) is 5.92 Å². The summed E-state index contributed by atoms with van der Waals surface area (Å²) in [7, 11) is 0. The van der Waals surface area contributed by atoms with Crippen LogP contribution < -0.4 is 5.32 Å². The summed E-state index contributed by atoms with van der Waals surface area (Å²) in [6, 6.07) is 0. The second-order valence-corrected chi connectivity index (χ2v) is 5.87. The quantitative estimate of drug-likeness (QED) is 0.782. The van der Waals surface area contributed by atoms with Gasteiger partial charge in [0.25, 0.3) is 0 Å². The first-order valence-electron chi connectivity index (χ1n) is 6.07. The van der Waals surface area contributed by atoms with E-state index in [2.05, 4.69) is 10.2 Å². The van der Waals surface area contributed by atoms with E-state index in [4.69, 9.17) is 0 Å². The zero-order valence-electron chi connectivity index (χ0n) is 11.1. The van der Waals surface area contributed by atoms with Gasteiger partial charge in [-0.1, -0.05) is 11.3 Å². The monoisotopic (exact) mass is 387 g/mol. The van der Waals surface area contributed by atoms with E-state index in [1.807, 2.05) is 5.32 Å². The molecule has 1 heterocycles. The normalized spacial score (nSPS) is 17.0. The van der Waals surface area contributed by atoms with Gasteiger partial charge in [-0.25, -0.2) is 0 Å². The third-order valence-corrected chi connectivity index (χ3v) is 3.92. The molecule has 1 aliphatic rings. The molecule has 1 N–H and O–H groups in total. The van der Waals surface area contributed by atoms with Crippen molar-refractivity contribution in [2.45, 2.75) is 36.8 Å². The van der Waals surface area contributed by atoms with E-state index < -0.39 is 57.2 Å². The fourth-order valence-electron chi connectivity index (χ4n) is 1.46. The molecule has 14 heteroatoms. The smallest absolute Gasteiger partial charge is 0.300 e. The van der Waals surface area contributed by atoms with Crippen LogP contribution in [-0.4, -0.2) is 34.1 Å². The fraction of sp³-hybridized carbons (Fsp3) is 0.700. The van der Waals surface area contributed by atoms with Crippen molar-refractivity contribution in [1.29, 1.82) is 0 Å². The van der Waals surface area contributed by atoms with Gasteiger partial charge >= 0.3 is 23.9 Å². The van der Waals surface area contributed by atoms with E-state index in [1.54, 1.807) is 0 Å². The minimum absolute atomic E-state index is 0.418. The molecular weight excluding hydrogens is 381 g/mol. The van der Waals surface area contributed by atoms with E-state index in [0.29, 0.717) is 12.8 Å². The van der Waals surface area contributed by atoms with Crippen LogP contribution >= 0.6 is 11.3 Å². The van der Waals surface area contributed by atoms with Crippen LogP contribution in [0.2, 0.25) is 0 Å². The largest absolute Gasteiger partial charge is 0.460 e. The van der Waals surface area contributed by atoms with E-state index in [0.717, 1.165) is 0 Å². The molecule has 1 aliphatic carbocycles. The highest BCUT2D eigenvalue weighted by Gasteiger charge is 2.82. The highest BCUT2D eigenvalue weighted by Crippen LogP contribution is 2.57. The Morgan fingerprint density at radius 1 is 0.958 bits per heavy atom.